The summed E-state index contributed by atoms with van der Waals surface area (Å²) >= 11 is 5.96. The lowest BCUT2D eigenvalue weighted by Gasteiger charge is -2.49. The molecular formula is C23H22ClN3O2. The van der Waals surface area contributed by atoms with Crippen molar-refractivity contribution in [2.75, 3.05) is 19.6 Å². The normalized spacial score (nSPS) is 21.4. The standard InChI is InChI=1S/C23H22ClN3O2/c1-23-21-18(17-4-2-3-5-19(17)25-21)11-13-27(23)20(28)14-26(22(23)29)12-10-15-6-8-16(24)9-7-15/h2-9,25H,10-14H2,1H3/t23-/m0/s1. The highest BCUT2D eigenvalue weighted by Gasteiger charge is 2.53. The molecule has 2 aliphatic rings. The Kier molecular flexibility index (Phi) is 4.17. The number of nitrogens with zero attached hydrogens (tertiary/aromatic N) is 2. The zero-order chi connectivity index (χ0) is 20.2. The van der Waals surface area contributed by atoms with Crippen LogP contribution in [0.3, 0.4) is 0 Å². The lowest BCUT2D eigenvalue weighted by molar-refractivity contribution is -0.165. The van der Waals surface area contributed by atoms with Crippen LogP contribution in [-0.4, -0.2) is 46.2 Å². The van der Waals surface area contributed by atoms with Crippen LogP contribution in [0.1, 0.15) is 23.7 Å². The summed E-state index contributed by atoms with van der Waals surface area (Å²) in [6.45, 7) is 3.10. The molecule has 0 spiro atoms. The maximum absolute atomic E-state index is 13.6. The highest BCUT2D eigenvalue weighted by atomic mass is 35.5. The van der Waals surface area contributed by atoms with Crippen molar-refractivity contribution in [1.29, 1.82) is 0 Å². The van der Waals surface area contributed by atoms with E-state index in [0.717, 1.165) is 34.1 Å². The van der Waals surface area contributed by atoms with Crippen molar-refractivity contribution >= 4 is 34.3 Å². The van der Waals surface area contributed by atoms with Crippen LogP contribution in [0.2, 0.25) is 5.02 Å². The van der Waals surface area contributed by atoms with Crippen LogP contribution in [0.4, 0.5) is 0 Å². The first-order valence-electron chi connectivity index (χ1n) is 9.93. The van der Waals surface area contributed by atoms with Crippen LogP contribution in [0.25, 0.3) is 10.9 Å². The smallest absolute Gasteiger partial charge is 0.254 e. The van der Waals surface area contributed by atoms with Crippen LogP contribution >= 0.6 is 11.6 Å². The van der Waals surface area contributed by atoms with Crippen molar-refractivity contribution in [1.82, 2.24) is 14.8 Å². The third kappa shape index (κ3) is 2.76. The van der Waals surface area contributed by atoms with Gasteiger partial charge in [-0.25, -0.2) is 0 Å². The molecule has 1 atom stereocenters. The first-order valence-corrected chi connectivity index (χ1v) is 10.3. The minimum Gasteiger partial charge on any atom is -0.356 e. The van der Waals surface area contributed by atoms with Gasteiger partial charge in [0.2, 0.25) is 5.91 Å². The summed E-state index contributed by atoms with van der Waals surface area (Å²) in [5.41, 5.74) is 3.14. The van der Waals surface area contributed by atoms with Gasteiger partial charge in [-0.05, 0) is 49.1 Å². The summed E-state index contributed by atoms with van der Waals surface area (Å²) in [4.78, 5) is 33.5. The second-order valence-corrected chi connectivity index (χ2v) is 8.43. The van der Waals surface area contributed by atoms with E-state index in [-0.39, 0.29) is 18.4 Å². The molecule has 5 rings (SSSR count). The lowest BCUT2D eigenvalue weighted by Crippen LogP contribution is -2.67. The van der Waals surface area contributed by atoms with Crippen molar-refractivity contribution in [2.24, 2.45) is 0 Å². The van der Waals surface area contributed by atoms with Crippen molar-refractivity contribution in [3.63, 3.8) is 0 Å². The molecule has 3 heterocycles. The van der Waals surface area contributed by atoms with Crippen LogP contribution < -0.4 is 0 Å². The number of piperazine rings is 1. The Morgan fingerprint density at radius 2 is 1.86 bits per heavy atom. The Labute approximate surface area is 174 Å². The average Bonchev–Trinajstić information content (AvgIpc) is 3.11. The average molecular weight is 408 g/mol. The molecule has 2 amide bonds. The molecule has 0 unspecified atom stereocenters. The van der Waals surface area contributed by atoms with Gasteiger partial charge in [-0.15, -0.1) is 0 Å². The van der Waals surface area contributed by atoms with E-state index >= 15 is 0 Å². The summed E-state index contributed by atoms with van der Waals surface area (Å²) in [5.74, 6) is -0.00826. The Bertz CT molecular complexity index is 1120. The van der Waals surface area contributed by atoms with Gasteiger partial charge in [-0.3, -0.25) is 9.59 Å². The number of carbonyl (C=O) groups excluding carboxylic acids is 2. The molecule has 5 nitrogen and oxygen atoms in total. The van der Waals surface area contributed by atoms with Gasteiger partial charge in [0.1, 0.15) is 0 Å². The third-order valence-electron chi connectivity index (χ3n) is 6.34. The second-order valence-electron chi connectivity index (χ2n) is 7.99. The molecule has 3 aromatic rings. The first kappa shape index (κ1) is 18.3. The Morgan fingerprint density at radius 1 is 1.10 bits per heavy atom. The van der Waals surface area contributed by atoms with E-state index in [9.17, 15) is 9.59 Å². The van der Waals surface area contributed by atoms with Gasteiger partial charge >= 0.3 is 0 Å². The maximum atomic E-state index is 13.6. The highest BCUT2D eigenvalue weighted by molar-refractivity contribution is 6.30. The van der Waals surface area contributed by atoms with Crippen LogP contribution in [0.5, 0.6) is 0 Å². The highest BCUT2D eigenvalue weighted by Crippen LogP contribution is 2.41. The van der Waals surface area contributed by atoms with Gasteiger partial charge in [-0.2, -0.15) is 0 Å². The van der Waals surface area contributed by atoms with Crippen molar-refractivity contribution in [2.45, 2.75) is 25.3 Å². The van der Waals surface area contributed by atoms with E-state index in [1.807, 2.05) is 49.4 Å². The van der Waals surface area contributed by atoms with E-state index < -0.39 is 5.54 Å². The molecule has 148 valence electrons. The molecular weight excluding hydrogens is 386 g/mol. The lowest BCUT2D eigenvalue weighted by atomic mass is 9.83. The van der Waals surface area contributed by atoms with Crippen molar-refractivity contribution in [3.05, 3.63) is 70.4 Å². The summed E-state index contributed by atoms with van der Waals surface area (Å²) < 4.78 is 0. The minimum atomic E-state index is -0.984. The Balaban J connectivity index is 1.49. The topological polar surface area (TPSA) is 56.4 Å². The second kappa shape index (κ2) is 6.63. The quantitative estimate of drug-likeness (QED) is 0.722. The number of hydrogen-bond donors (Lipinski definition) is 1. The van der Waals surface area contributed by atoms with Crippen LogP contribution in [0, 0.1) is 0 Å². The van der Waals surface area contributed by atoms with Gasteiger partial charge in [0.05, 0.1) is 12.2 Å². The monoisotopic (exact) mass is 407 g/mol. The fourth-order valence-electron chi connectivity index (χ4n) is 4.78. The Hall–Kier alpha value is -2.79. The number of benzene rings is 2. The van der Waals surface area contributed by atoms with E-state index in [0.29, 0.717) is 24.5 Å². The summed E-state index contributed by atoms with van der Waals surface area (Å²) in [6.07, 6.45) is 1.45. The molecule has 0 aliphatic carbocycles. The number of halogens is 1. The van der Waals surface area contributed by atoms with E-state index in [4.69, 9.17) is 11.6 Å². The van der Waals surface area contributed by atoms with E-state index in [1.165, 1.54) is 0 Å². The third-order valence-corrected chi connectivity index (χ3v) is 6.59. The van der Waals surface area contributed by atoms with Gasteiger partial charge in [0.15, 0.2) is 5.54 Å². The number of nitrogens with one attached hydrogen (secondary N) is 1. The number of H-pyrrole nitrogens is 1. The fourth-order valence-corrected chi connectivity index (χ4v) is 4.90. The predicted octanol–water partition coefficient (Wildman–Crippen LogP) is 3.51. The number of aromatic nitrogens is 1. The molecule has 0 saturated carbocycles. The fraction of sp³-hybridized carbons (Fsp3) is 0.304. The van der Waals surface area contributed by atoms with Crippen molar-refractivity contribution in [3.8, 4) is 0 Å². The van der Waals surface area contributed by atoms with E-state index in [1.54, 1.807) is 9.80 Å². The summed E-state index contributed by atoms with van der Waals surface area (Å²) in [6, 6.07) is 15.7. The molecule has 2 aliphatic heterocycles. The minimum absolute atomic E-state index is 0.00696. The number of carbonyl (C=O) groups is 2. The van der Waals surface area contributed by atoms with Crippen LogP contribution in [-0.2, 0) is 28.0 Å². The molecule has 2 aromatic carbocycles. The number of para-hydroxylation sites is 1. The van der Waals surface area contributed by atoms with Gasteiger partial charge in [0, 0.05) is 29.0 Å². The maximum Gasteiger partial charge on any atom is 0.254 e. The van der Waals surface area contributed by atoms with E-state index in [2.05, 4.69) is 11.1 Å². The largest absolute Gasteiger partial charge is 0.356 e. The summed E-state index contributed by atoms with van der Waals surface area (Å²) in [7, 11) is 0. The summed E-state index contributed by atoms with van der Waals surface area (Å²) in [5, 5.41) is 1.83. The first-order chi connectivity index (χ1) is 14.0. The zero-order valence-electron chi connectivity index (χ0n) is 16.2. The number of aromatic amines is 1. The Morgan fingerprint density at radius 3 is 2.66 bits per heavy atom. The van der Waals surface area contributed by atoms with Gasteiger partial charge in [-0.1, -0.05) is 41.9 Å². The predicted molar refractivity (Wildman–Crippen MR) is 113 cm³/mol. The molecule has 6 heteroatoms. The molecule has 1 N–H and O–H groups in total. The molecule has 0 bridgehead atoms. The molecule has 0 radical (unpaired) electrons. The number of fused-ring (bicyclic) bond motifs is 5. The molecule has 1 saturated heterocycles. The van der Waals surface area contributed by atoms with Gasteiger partial charge < -0.3 is 14.8 Å². The van der Waals surface area contributed by atoms with Crippen molar-refractivity contribution < 1.29 is 9.59 Å². The molecule has 1 aromatic heterocycles. The number of rotatable bonds is 3. The number of hydrogen-bond acceptors (Lipinski definition) is 2. The molecule has 1 fully saturated rings. The molecule has 29 heavy (non-hydrogen) atoms. The number of amides is 2. The van der Waals surface area contributed by atoms with Gasteiger partial charge in [0.25, 0.3) is 5.91 Å². The van der Waals surface area contributed by atoms with Crippen LogP contribution in [0.15, 0.2) is 48.5 Å². The zero-order valence-corrected chi connectivity index (χ0v) is 17.0. The SMILES string of the molecule is C[C@]12C(=O)N(CCc3ccc(Cl)cc3)CC(=O)N1CCc1c2[nH]c2ccccc12.